The van der Waals surface area contributed by atoms with Gasteiger partial charge in [0, 0.05) is 25.0 Å². The Kier molecular flexibility index (Phi) is 6.04. The van der Waals surface area contributed by atoms with Crippen molar-refractivity contribution in [2.75, 3.05) is 20.6 Å². The second kappa shape index (κ2) is 7.36. The number of rotatable bonds is 7. The summed E-state index contributed by atoms with van der Waals surface area (Å²) in [5, 5.41) is 3.18. The van der Waals surface area contributed by atoms with Gasteiger partial charge in [0.1, 0.15) is 0 Å². The average molecular weight is 221 g/mol. The van der Waals surface area contributed by atoms with Crippen molar-refractivity contribution in [1.29, 1.82) is 0 Å². The molecule has 0 aliphatic carbocycles. The predicted octanol–water partition coefficient (Wildman–Crippen LogP) is 1.90. The van der Waals surface area contributed by atoms with Crippen molar-refractivity contribution in [1.82, 2.24) is 15.2 Å². The van der Waals surface area contributed by atoms with Crippen LogP contribution in [0.15, 0.2) is 24.5 Å². The van der Waals surface area contributed by atoms with Gasteiger partial charge in [-0.1, -0.05) is 0 Å². The summed E-state index contributed by atoms with van der Waals surface area (Å²) >= 11 is 0. The minimum Gasteiger partial charge on any atom is -0.320 e. The largest absolute Gasteiger partial charge is 0.320 e. The van der Waals surface area contributed by atoms with Crippen LogP contribution in [0.1, 0.15) is 25.3 Å². The number of hydrogen-bond donors (Lipinski definition) is 1. The molecule has 0 bridgehead atoms. The molecule has 0 fully saturated rings. The maximum absolute atomic E-state index is 4.03. The number of hydrogen-bond acceptors (Lipinski definition) is 3. The van der Waals surface area contributed by atoms with Gasteiger partial charge in [-0.15, -0.1) is 0 Å². The smallest absolute Gasteiger partial charge is 0.0271 e. The number of nitrogens with one attached hydrogen (secondary N) is 1. The quantitative estimate of drug-likeness (QED) is 0.713. The summed E-state index contributed by atoms with van der Waals surface area (Å²) in [4.78, 5) is 6.43. The van der Waals surface area contributed by atoms with Gasteiger partial charge >= 0.3 is 0 Å². The molecule has 3 nitrogen and oxygen atoms in total. The van der Waals surface area contributed by atoms with Crippen molar-refractivity contribution < 1.29 is 0 Å². The molecule has 0 radical (unpaired) electrons. The fourth-order valence-corrected chi connectivity index (χ4v) is 1.73. The van der Waals surface area contributed by atoms with Crippen LogP contribution in [0.2, 0.25) is 0 Å². The van der Waals surface area contributed by atoms with E-state index in [1.807, 2.05) is 19.4 Å². The fraction of sp³-hybridized carbons (Fsp3) is 0.615. The lowest BCUT2D eigenvalue weighted by Crippen LogP contribution is -2.29. The molecule has 0 aliphatic heterocycles. The van der Waals surface area contributed by atoms with E-state index < -0.39 is 0 Å². The van der Waals surface area contributed by atoms with Crippen LogP contribution in [0, 0.1) is 0 Å². The van der Waals surface area contributed by atoms with Crippen LogP contribution in [0.25, 0.3) is 0 Å². The van der Waals surface area contributed by atoms with E-state index in [4.69, 9.17) is 0 Å². The molecule has 1 unspecified atom stereocenters. The summed E-state index contributed by atoms with van der Waals surface area (Å²) in [6, 6.07) is 4.79. The summed E-state index contributed by atoms with van der Waals surface area (Å²) in [7, 11) is 4.19. The number of pyridine rings is 1. The summed E-state index contributed by atoms with van der Waals surface area (Å²) in [6.07, 6.45) is 6.18. The Bertz CT molecular complexity index is 274. The van der Waals surface area contributed by atoms with E-state index in [0.717, 1.165) is 13.1 Å². The Morgan fingerprint density at radius 1 is 1.38 bits per heavy atom. The Morgan fingerprint density at radius 3 is 2.69 bits per heavy atom. The van der Waals surface area contributed by atoms with Crippen LogP contribution >= 0.6 is 0 Å². The van der Waals surface area contributed by atoms with Crippen molar-refractivity contribution in [3.8, 4) is 0 Å². The van der Waals surface area contributed by atoms with Crippen molar-refractivity contribution >= 4 is 0 Å². The highest BCUT2D eigenvalue weighted by atomic mass is 15.1. The molecule has 1 rings (SSSR count). The molecule has 0 aliphatic rings. The van der Waals surface area contributed by atoms with Crippen molar-refractivity contribution in [2.45, 2.75) is 32.4 Å². The van der Waals surface area contributed by atoms with E-state index in [-0.39, 0.29) is 0 Å². The molecule has 0 aromatic carbocycles. The number of nitrogens with zero attached hydrogens (tertiary/aromatic N) is 2. The lowest BCUT2D eigenvalue weighted by molar-refractivity contribution is 0.234. The third-order valence-corrected chi connectivity index (χ3v) is 2.98. The second-order valence-corrected chi connectivity index (χ2v) is 4.37. The summed E-state index contributed by atoms with van der Waals surface area (Å²) < 4.78 is 0. The van der Waals surface area contributed by atoms with Crippen LogP contribution in [-0.2, 0) is 6.54 Å². The van der Waals surface area contributed by atoms with E-state index >= 15 is 0 Å². The molecule has 0 spiro atoms. The molecule has 1 aromatic heterocycles. The van der Waals surface area contributed by atoms with Gasteiger partial charge < -0.3 is 5.32 Å². The molecule has 1 aromatic rings. The minimum atomic E-state index is 0.626. The Hall–Kier alpha value is -0.930. The molecule has 0 saturated heterocycles. The van der Waals surface area contributed by atoms with E-state index in [2.05, 4.69) is 41.3 Å². The molecule has 0 amide bonds. The first-order valence-corrected chi connectivity index (χ1v) is 5.97. The van der Waals surface area contributed by atoms with Crippen LogP contribution in [0.4, 0.5) is 0 Å². The highest BCUT2D eigenvalue weighted by Crippen LogP contribution is 2.08. The first-order valence-electron chi connectivity index (χ1n) is 5.97. The van der Waals surface area contributed by atoms with Gasteiger partial charge in [0.15, 0.2) is 0 Å². The third kappa shape index (κ3) is 4.73. The van der Waals surface area contributed by atoms with Gasteiger partial charge in [-0.05, 0) is 58.1 Å². The fourth-order valence-electron chi connectivity index (χ4n) is 1.73. The highest BCUT2D eigenvalue weighted by Gasteiger charge is 2.08. The van der Waals surface area contributed by atoms with E-state index in [1.165, 1.54) is 18.4 Å². The SMILES string of the molecule is CNCCCC(C)N(C)Cc1ccncc1. The first kappa shape index (κ1) is 13.1. The average Bonchev–Trinajstić information content (AvgIpc) is 2.30. The van der Waals surface area contributed by atoms with Crippen molar-refractivity contribution in [3.05, 3.63) is 30.1 Å². The molecule has 1 N–H and O–H groups in total. The Labute approximate surface area is 98.9 Å². The van der Waals surface area contributed by atoms with E-state index in [1.54, 1.807) is 0 Å². The monoisotopic (exact) mass is 221 g/mol. The molecule has 3 heteroatoms. The maximum Gasteiger partial charge on any atom is 0.0271 e. The minimum absolute atomic E-state index is 0.626. The van der Waals surface area contributed by atoms with Gasteiger partial charge in [-0.3, -0.25) is 9.88 Å². The molecular formula is C13H23N3. The normalized spacial score (nSPS) is 13.0. The van der Waals surface area contributed by atoms with Gasteiger partial charge in [0.25, 0.3) is 0 Å². The number of aromatic nitrogens is 1. The van der Waals surface area contributed by atoms with Gasteiger partial charge in [-0.25, -0.2) is 0 Å². The van der Waals surface area contributed by atoms with Gasteiger partial charge in [0.05, 0.1) is 0 Å². The first-order chi connectivity index (χ1) is 7.74. The standard InChI is InChI=1S/C13H23N3/c1-12(5-4-8-14-2)16(3)11-13-6-9-15-10-7-13/h6-7,9-10,12,14H,4-5,8,11H2,1-3H3. The molecule has 16 heavy (non-hydrogen) atoms. The van der Waals surface area contributed by atoms with Gasteiger partial charge in [0.2, 0.25) is 0 Å². The predicted molar refractivity (Wildman–Crippen MR) is 68.3 cm³/mol. The lowest BCUT2D eigenvalue weighted by Gasteiger charge is -2.24. The summed E-state index contributed by atoms with van der Waals surface area (Å²) in [6.45, 7) is 4.40. The summed E-state index contributed by atoms with van der Waals surface area (Å²) in [5.41, 5.74) is 1.33. The maximum atomic E-state index is 4.03. The van der Waals surface area contributed by atoms with Crippen LogP contribution < -0.4 is 5.32 Å². The van der Waals surface area contributed by atoms with Crippen LogP contribution in [-0.4, -0.2) is 36.6 Å². The Morgan fingerprint density at radius 2 is 2.06 bits per heavy atom. The van der Waals surface area contributed by atoms with Crippen LogP contribution in [0.5, 0.6) is 0 Å². The van der Waals surface area contributed by atoms with Gasteiger partial charge in [-0.2, -0.15) is 0 Å². The molecule has 90 valence electrons. The molecule has 1 atom stereocenters. The van der Waals surface area contributed by atoms with Crippen molar-refractivity contribution in [2.24, 2.45) is 0 Å². The lowest BCUT2D eigenvalue weighted by atomic mass is 10.1. The molecular weight excluding hydrogens is 198 g/mol. The topological polar surface area (TPSA) is 28.2 Å². The third-order valence-electron chi connectivity index (χ3n) is 2.98. The highest BCUT2D eigenvalue weighted by molar-refractivity contribution is 5.09. The van der Waals surface area contributed by atoms with Crippen LogP contribution in [0.3, 0.4) is 0 Å². The Balaban J connectivity index is 2.31. The van der Waals surface area contributed by atoms with E-state index in [9.17, 15) is 0 Å². The van der Waals surface area contributed by atoms with E-state index in [0.29, 0.717) is 6.04 Å². The van der Waals surface area contributed by atoms with Crippen molar-refractivity contribution in [3.63, 3.8) is 0 Å². The zero-order valence-corrected chi connectivity index (χ0v) is 10.6. The molecule has 0 saturated carbocycles. The molecule has 1 heterocycles. The zero-order chi connectivity index (χ0) is 11.8. The summed E-state index contributed by atoms with van der Waals surface area (Å²) in [5.74, 6) is 0. The zero-order valence-electron chi connectivity index (χ0n) is 10.6. The second-order valence-electron chi connectivity index (χ2n) is 4.37.